The third-order valence-corrected chi connectivity index (χ3v) is 5.34. The first-order valence-electron chi connectivity index (χ1n) is 10.4. The van der Waals surface area contributed by atoms with Crippen molar-refractivity contribution in [2.24, 2.45) is 5.92 Å². The van der Waals surface area contributed by atoms with Crippen LogP contribution < -0.4 is 20.5 Å². The Morgan fingerprint density at radius 3 is 2.41 bits per heavy atom. The van der Waals surface area contributed by atoms with Crippen LogP contribution in [0.5, 0.6) is 5.75 Å². The summed E-state index contributed by atoms with van der Waals surface area (Å²) in [4.78, 5) is 26.6. The van der Waals surface area contributed by atoms with Gasteiger partial charge in [0, 0.05) is 18.7 Å². The third kappa shape index (κ3) is 5.24. The molecule has 1 aliphatic heterocycles. The molecular weight excluding hydrogens is 409 g/mol. The van der Waals surface area contributed by atoms with Crippen LogP contribution in [0.15, 0.2) is 72.8 Å². The number of ether oxygens (including phenoxy) is 1. The Hall–Kier alpha value is -3.87. The molecule has 2 amide bonds. The minimum absolute atomic E-state index is 0.0586. The van der Waals surface area contributed by atoms with Crippen LogP contribution in [-0.4, -0.2) is 18.4 Å². The van der Waals surface area contributed by atoms with E-state index in [1.165, 1.54) is 12.1 Å². The van der Waals surface area contributed by atoms with Gasteiger partial charge in [-0.2, -0.15) is 0 Å². The van der Waals surface area contributed by atoms with Gasteiger partial charge in [0.25, 0.3) is 0 Å². The summed E-state index contributed by atoms with van der Waals surface area (Å²) < 4.78 is 18.6. The fourth-order valence-electron chi connectivity index (χ4n) is 3.48. The lowest BCUT2D eigenvalue weighted by Gasteiger charge is -2.17. The predicted molar refractivity (Wildman–Crippen MR) is 121 cm³/mol. The molecule has 4 rings (SSSR count). The van der Waals surface area contributed by atoms with E-state index in [4.69, 9.17) is 4.74 Å². The second-order valence-electron chi connectivity index (χ2n) is 7.79. The van der Waals surface area contributed by atoms with E-state index < -0.39 is 5.92 Å². The largest absolute Gasteiger partial charge is 0.489 e. The Balaban J connectivity index is 1.26. The summed E-state index contributed by atoms with van der Waals surface area (Å²) in [5.74, 6) is -0.340. The summed E-state index contributed by atoms with van der Waals surface area (Å²) in [6.07, 6.45) is 0.178. The van der Waals surface area contributed by atoms with Crippen molar-refractivity contribution < 1.29 is 18.7 Å². The second kappa shape index (κ2) is 9.51. The summed E-state index contributed by atoms with van der Waals surface area (Å²) in [5, 5.41) is 0. The Morgan fingerprint density at radius 2 is 1.72 bits per heavy atom. The van der Waals surface area contributed by atoms with Crippen molar-refractivity contribution in [3.05, 3.63) is 89.7 Å². The predicted octanol–water partition coefficient (Wildman–Crippen LogP) is 4.21. The van der Waals surface area contributed by atoms with Crippen molar-refractivity contribution in [3.8, 4) is 5.75 Å². The van der Waals surface area contributed by atoms with Crippen LogP contribution in [0.3, 0.4) is 0 Å². The minimum Gasteiger partial charge on any atom is -0.489 e. The highest BCUT2D eigenvalue weighted by Crippen LogP contribution is 2.25. The molecule has 164 valence electrons. The molecule has 0 unspecified atom stereocenters. The molecule has 0 aromatic heterocycles. The van der Waals surface area contributed by atoms with Crippen molar-refractivity contribution in [3.63, 3.8) is 0 Å². The Kier molecular flexibility index (Phi) is 6.35. The van der Waals surface area contributed by atoms with Gasteiger partial charge < -0.3 is 9.64 Å². The van der Waals surface area contributed by atoms with E-state index in [-0.39, 0.29) is 24.1 Å². The summed E-state index contributed by atoms with van der Waals surface area (Å²) in [6.45, 7) is 2.67. The Labute approximate surface area is 186 Å². The number of hydrazine groups is 1. The van der Waals surface area contributed by atoms with E-state index in [9.17, 15) is 14.0 Å². The normalized spacial score (nSPS) is 15.5. The van der Waals surface area contributed by atoms with E-state index >= 15 is 0 Å². The molecule has 1 saturated heterocycles. The monoisotopic (exact) mass is 433 g/mol. The van der Waals surface area contributed by atoms with Crippen LogP contribution in [0.2, 0.25) is 0 Å². The smallest absolute Gasteiger partial charge is 0.243 e. The van der Waals surface area contributed by atoms with E-state index in [0.717, 1.165) is 16.8 Å². The van der Waals surface area contributed by atoms with Crippen molar-refractivity contribution in [2.45, 2.75) is 20.0 Å². The van der Waals surface area contributed by atoms with Crippen LogP contribution in [0.1, 0.15) is 17.5 Å². The standard InChI is InChI=1S/C25H24FN3O3/c1-17-2-10-22(11-3-17)29-15-19(14-24(29)30)25(31)28-27-21-8-12-23(13-9-21)32-16-18-4-6-20(26)7-5-18/h2-13,19,27H,14-16H2,1H3,(H,28,31)/t19-/m0/s1. The van der Waals surface area contributed by atoms with Crippen molar-refractivity contribution in [1.82, 2.24) is 5.43 Å². The molecule has 3 aromatic carbocycles. The number of hydrogen-bond acceptors (Lipinski definition) is 4. The number of rotatable bonds is 7. The van der Waals surface area contributed by atoms with Gasteiger partial charge in [-0.3, -0.25) is 20.4 Å². The zero-order valence-electron chi connectivity index (χ0n) is 17.7. The van der Waals surface area contributed by atoms with Gasteiger partial charge in [0.15, 0.2) is 0 Å². The fourth-order valence-corrected chi connectivity index (χ4v) is 3.48. The Bertz CT molecular complexity index is 1080. The number of carbonyl (C=O) groups excluding carboxylic acids is 2. The highest BCUT2D eigenvalue weighted by molar-refractivity contribution is 6.00. The van der Waals surface area contributed by atoms with Crippen LogP contribution in [0.25, 0.3) is 0 Å². The maximum Gasteiger partial charge on any atom is 0.243 e. The lowest BCUT2D eigenvalue weighted by atomic mass is 10.1. The van der Waals surface area contributed by atoms with Gasteiger partial charge in [-0.25, -0.2) is 4.39 Å². The van der Waals surface area contributed by atoms with Crippen molar-refractivity contribution in [2.75, 3.05) is 16.9 Å². The lowest BCUT2D eigenvalue weighted by Crippen LogP contribution is -2.36. The quantitative estimate of drug-likeness (QED) is 0.548. The first kappa shape index (κ1) is 21.4. The number of hydrogen-bond donors (Lipinski definition) is 2. The summed E-state index contributed by atoms with van der Waals surface area (Å²) in [6, 6.07) is 20.9. The number of anilines is 2. The van der Waals surface area contributed by atoms with Gasteiger partial charge >= 0.3 is 0 Å². The van der Waals surface area contributed by atoms with Crippen LogP contribution >= 0.6 is 0 Å². The topological polar surface area (TPSA) is 70.7 Å². The van der Waals surface area contributed by atoms with E-state index in [1.54, 1.807) is 41.3 Å². The number of benzene rings is 3. The zero-order chi connectivity index (χ0) is 22.5. The molecule has 1 atom stereocenters. The van der Waals surface area contributed by atoms with Crippen LogP contribution in [0.4, 0.5) is 15.8 Å². The van der Waals surface area contributed by atoms with Gasteiger partial charge in [-0.05, 0) is 61.0 Å². The highest BCUT2D eigenvalue weighted by atomic mass is 19.1. The molecule has 1 aliphatic rings. The maximum absolute atomic E-state index is 13.0. The molecule has 6 nitrogen and oxygen atoms in total. The molecule has 1 fully saturated rings. The number of aryl methyl sites for hydroxylation is 1. The first-order valence-corrected chi connectivity index (χ1v) is 10.4. The maximum atomic E-state index is 13.0. The van der Waals surface area contributed by atoms with E-state index in [0.29, 0.717) is 24.6 Å². The molecule has 1 heterocycles. The molecule has 7 heteroatoms. The van der Waals surface area contributed by atoms with Gasteiger partial charge in [-0.1, -0.05) is 29.8 Å². The van der Waals surface area contributed by atoms with Crippen LogP contribution in [0, 0.1) is 18.7 Å². The van der Waals surface area contributed by atoms with Gasteiger partial charge in [0.1, 0.15) is 18.2 Å². The number of carbonyl (C=O) groups is 2. The highest BCUT2D eigenvalue weighted by Gasteiger charge is 2.35. The molecule has 0 radical (unpaired) electrons. The molecule has 3 aromatic rings. The second-order valence-corrected chi connectivity index (χ2v) is 7.79. The molecule has 32 heavy (non-hydrogen) atoms. The minimum atomic E-state index is -0.422. The molecule has 2 N–H and O–H groups in total. The fraction of sp³-hybridized carbons (Fsp3) is 0.200. The van der Waals surface area contributed by atoms with E-state index in [1.807, 2.05) is 31.2 Å². The van der Waals surface area contributed by atoms with Gasteiger partial charge in [0.05, 0.1) is 11.6 Å². The molecular formula is C25H24FN3O3. The summed E-state index contributed by atoms with van der Waals surface area (Å²) >= 11 is 0. The molecule has 0 spiro atoms. The number of amides is 2. The SMILES string of the molecule is Cc1ccc(N2C[C@@H](C(=O)NNc3ccc(OCc4ccc(F)cc4)cc3)CC2=O)cc1. The van der Waals surface area contributed by atoms with Gasteiger partial charge in [-0.15, -0.1) is 0 Å². The molecule has 0 bridgehead atoms. The summed E-state index contributed by atoms with van der Waals surface area (Å²) in [5.41, 5.74) is 9.04. The average molecular weight is 433 g/mol. The third-order valence-electron chi connectivity index (χ3n) is 5.34. The summed E-state index contributed by atoms with van der Waals surface area (Å²) in [7, 11) is 0. The van der Waals surface area contributed by atoms with E-state index in [2.05, 4.69) is 10.9 Å². The number of nitrogens with zero attached hydrogens (tertiary/aromatic N) is 1. The zero-order valence-corrected chi connectivity index (χ0v) is 17.7. The van der Waals surface area contributed by atoms with Crippen molar-refractivity contribution >= 4 is 23.2 Å². The first-order chi connectivity index (χ1) is 15.5. The average Bonchev–Trinajstić information content (AvgIpc) is 3.20. The Morgan fingerprint density at radius 1 is 1.03 bits per heavy atom. The lowest BCUT2D eigenvalue weighted by molar-refractivity contribution is -0.125. The van der Waals surface area contributed by atoms with Crippen molar-refractivity contribution in [1.29, 1.82) is 0 Å². The molecule has 0 saturated carbocycles. The van der Waals surface area contributed by atoms with Gasteiger partial charge in [0.2, 0.25) is 11.8 Å². The number of nitrogens with one attached hydrogen (secondary N) is 2. The van der Waals surface area contributed by atoms with Crippen LogP contribution in [-0.2, 0) is 16.2 Å². The number of halogens is 1. The molecule has 0 aliphatic carbocycles.